The van der Waals surface area contributed by atoms with Crippen LogP contribution in [0.1, 0.15) is 120 Å². The molecule has 0 unspecified atom stereocenters. The van der Waals surface area contributed by atoms with Crippen molar-refractivity contribution in [2.24, 2.45) is 56.2 Å². The van der Waals surface area contributed by atoms with E-state index in [2.05, 4.69) is 46.8 Å². The topological polar surface area (TPSA) is 348 Å². The van der Waals surface area contributed by atoms with Gasteiger partial charge >= 0.3 is 17.9 Å². The Hall–Kier alpha value is -3.27. The lowest BCUT2D eigenvalue weighted by molar-refractivity contribution is -0.393. The number of fused-ring (bicyclic) bond motifs is 7. The molecule has 0 aromatic rings. The van der Waals surface area contributed by atoms with Gasteiger partial charge in [0, 0.05) is 29.7 Å². The van der Waals surface area contributed by atoms with Crippen molar-refractivity contribution in [2.75, 3.05) is 26.4 Å². The number of carbonyl (C=O) groups excluding carboxylic acids is 2. The van der Waals surface area contributed by atoms with Crippen molar-refractivity contribution >= 4 is 17.9 Å². The summed E-state index contributed by atoms with van der Waals surface area (Å²) >= 11 is 0. The Labute approximate surface area is 480 Å². The second-order valence-corrected chi connectivity index (χ2v) is 26.5. The van der Waals surface area contributed by atoms with Crippen LogP contribution in [0.4, 0.5) is 0 Å². The molecule has 0 spiro atoms. The zero-order chi connectivity index (χ0) is 60.2. The standard InChI is InChI=1S/C60H92O22/c1-10-30(2)15-13-11-12-14-16-40(66)80-49-50(76-31(3)64)60(54(73)74)24-23-58(8)32(33(60)25-55(49,4)5)17-18-38-56(6)21-20-39(57(7,29-63)37(56)19-22-59(38,58)9)79-53-48(82-52-45(71)43(69)42(68)35(26-61)77-52)46(72)47(36(27-62)78-53)81-51-44(70)41(67)34(65)28-75-51/h11-17,30,33-39,41-53,61-63,65,67-72H,10,18-29H2,1-9H3,(H,73,74)/b12-11+,15-13+,16-14-/t30-,33+,34+,35-,36-,37-,38-,39+,41+,42-,43+,44-,45-,46+,47-,48-,49+,50+,51+,52+,53+,56+,57-,58-,59-,60+/m1/s1. The molecule has 0 aromatic carbocycles. The summed E-state index contributed by atoms with van der Waals surface area (Å²) in [7, 11) is 0. The zero-order valence-electron chi connectivity index (χ0n) is 48.8. The van der Waals surface area contributed by atoms with E-state index in [1.165, 1.54) is 13.0 Å². The van der Waals surface area contributed by atoms with Crippen LogP contribution in [0.25, 0.3) is 0 Å². The average molecular weight is 1170 g/mol. The number of carbonyl (C=O) groups is 3. The largest absolute Gasteiger partial charge is 0.481 e. The molecule has 8 aliphatic rings. The molecule has 7 fully saturated rings. The van der Waals surface area contributed by atoms with Gasteiger partial charge < -0.3 is 94.1 Å². The molecule has 464 valence electrons. The van der Waals surface area contributed by atoms with E-state index in [0.717, 1.165) is 12.0 Å². The number of carboxylic acids is 1. The highest BCUT2D eigenvalue weighted by atomic mass is 16.8. The summed E-state index contributed by atoms with van der Waals surface area (Å²) in [6.45, 7) is 15.6. The highest BCUT2D eigenvalue weighted by Crippen LogP contribution is 2.76. The molecule has 3 heterocycles. The maximum absolute atomic E-state index is 14.2. The van der Waals surface area contributed by atoms with E-state index in [1.807, 2.05) is 32.9 Å². The number of hydrogen-bond acceptors (Lipinski definition) is 21. The van der Waals surface area contributed by atoms with Crippen LogP contribution in [-0.2, 0) is 52.3 Å². The van der Waals surface area contributed by atoms with Gasteiger partial charge in [-0.15, -0.1) is 0 Å². The molecule has 0 amide bonds. The van der Waals surface area contributed by atoms with Crippen molar-refractivity contribution in [1.29, 1.82) is 0 Å². The highest BCUT2D eigenvalue weighted by Gasteiger charge is 2.74. The first-order chi connectivity index (χ1) is 38.5. The molecule has 26 atom stereocenters. The van der Waals surface area contributed by atoms with Crippen molar-refractivity contribution in [1.82, 2.24) is 0 Å². The Balaban J connectivity index is 1.07. The fourth-order valence-corrected chi connectivity index (χ4v) is 16.4. The number of hydrogen-bond donors (Lipinski definition) is 11. The zero-order valence-corrected chi connectivity index (χ0v) is 48.8. The van der Waals surface area contributed by atoms with E-state index in [0.29, 0.717) is 50.9 Å². The maximum atomic E-state index is 14.2. The summed E-state index contributed by atoms with van der Waals surface area (Å²) in [5.74, 6) is -2.91. The van der Waals surface area contributed by atoms with E-state index < -0.39 is 180 Å². The van der Waals surface area contributed by atoms with Crippen LogP contribution in [0.2, 0.25) is 0 Å². The van der Waals surface area contributed by atoms with E-state index in [4.69, 9.17) is 37.9 Å². The molecule has 5 aliphatic carbocycles. The van der Waals surface area contributed by atoms with Crippen LogP contribution in [0.15, 0.2) is 48.1 Å². The predicted octanol–water partition coefficient (Wildman–Crippen LogP) is 2.10. The van der Waals surface area contributed by atoms with E-state index in [1.54, 1.807) is 12.2 Å². The molecule has 4 saturated carbocycles. The Morgan fingerprint density at radius 3 is 2.01 bits per heavy atom. The van der Waals surface area contributed by atoms with Gasteiger partial charge in [-0.05, 0) is 85.4 Å². The number of ether oxygens (including phenoxy) is 8. The molecule has 0 radical (unpaired) electrons. The Bertz CT molecular complexity index is 2390. The lowest BCUT2D eigenvalue weighted by Gasteiger charge is -2.71. The summed E-state index contributed by atoms with van der Waals surface area (Å²) in [5.41, 5.74) is -3.94. The molecule has 3 aliphatic heterocycles. The third-order valence-electron chi connectivity index (χ3n) is 21.5. The van der Waals surface area contributed by atoms with Crippen LogP contribution in [0, 0.1) is 56.2 Å². The third-order valence-corrected chi connectivity index (χ3v) is 21.5. The molecular formula is C60H92O22. The van der Waals surface area contributed by atoms with E-state index >= 15 is 0 Å². The summed E-state index contributed by atoms with van der Waals surface area (Å²) in [6, 6.07) is 0. The average Bonchev–Trinajstić information content (AvgIpc) is 3.51. The number of aliphatic hydroxyl groups is 10. The van der Waals surface area contributed by atoms with Crippen molar-refractivity contribution in [3.05, 3.63) is 48.1 Å². The number of aliphatic hydroxyl groups excluding tert-OH is 10. The first kappa shape index (κ1) is 64.7. The van der Waals surface area contributed by atoms with E-state index in [-0.39, 0.29) is 24.9 Å². The van der Waals surface area contributed by atoms with Crippen molar-refractivity contribution in [3.8, 4) is 0 Å². The van der Waals surface area contributed by atoms with Gasteiger partial charge in [0.15, 0.2) is 25.0 Å². The molecule has 0 aromatic heterocycles. The fourth-order valence-electron chi connectivity index (χ4n) is 16.4. The minimum absolute atomic E-state index is 0.00119. The summed E-state index contributed by atoms with van der Waals surface area (Å²) in [5, 5.41) is 120. The number of carboxylic acid groups (broad SMARTS) is 1. The highest BCUT2D eigenvalue weighted by molar-refractivity contribution is 5.83. The monoisotopic (exact) mass is 1160 g/mol. The first-order valence-electron chi connectivity index (χ1n) is 29.4. The van der Waals surface area contributed by atoms with Crippen molar-refractivity contribution in [2.45, 2.75) is 224 Å². The van der Waals surface area contributed by atoms with Gasteiger partial charge in [0.1, 0.15) is 78.7 Å². The van der Waals surface area contributed by atoms with Crippen LogP contribution < -0.4 is 0 Å². The van der Waals surface area contributed by atoms with Gasteiger partial charge in [-0.2, -0.15) is 0 Å². The molecule has 8 rings (SSSR count). The molecule has 82 heavy (non-hydrogen) atoms. The van der Waals surface area contributed by atoms with E-state index in [9.17, 15) is 70.6 Å². The smallest absolute Gasteiger partial charge is 0.331 e. The van der Waals surface area contributed by atoms with Crippen LogP contribution >= 0.6 is 0 Å². The molecule has 22 nitrogen and oxygen atoms in total. The molecular weight excluding hydrogens is 1070 g/mol. The van der Waals surface area contributed by atoms with Gasteiger partial charge in [-0.1, -0.05) is 104 Å². The molecule has 3 saturated heterocycles. The lowest BCUT2D eigenvalue weighted by Crippen LogP contribution is -2.70. The summed E-state index contributed by atoms with van der Waals surface area (Å²) in [6.07, 6.45) is -9.69. The van der Waals surface area contributed by atoms with Crippen LogP contribution in [-0.4, -0.2) is 205 Å². The molecule has 22 heteroatoms. The summed E-state index contributed by atoms with van der Waals surface area (Å²) < 4.78 is 48.8. The maximum Gasteiger partial charge on any atom is 0.331 e. The van der Waals surface area contributed by atoms with Crippen LogP contribution in [0.5, 0.6) is 0 Å². The van der Waals surface area contributed by atoms with Gasteiger partial charge in [0.2, 0.25) is 0 Å². The fraction of sp³-hybridized carbons (Fsp3) is 0.817. The first-order valence-corrected chi connectivity index (χ1v) is 29.4. The van der Waals surface area contributed by atoms with Crippen molar-refractivity contribution in [3.63, 3.8) is 0 Å². The van der Waals surface area contributed by atoms with Gasteiger partial charge in [-0.25, -0.2) is 4.79 Å². The summed E-state index contributed by atoms with van der Waals surface area (Å²) in [4.78, 5) is 40.8. The second kappa shape index (κ2) is 24.8. The Kier molecular flexibility index (Phi) is 19.6. The number of esters is 2. The number of rotatable bonds is 17. The minimum Gasteiger partial charge on any atom is -0.481 e. The quantitative estimate of drug-likeness (QED) is 0.0327. The third kappa shape index (κ3) is 11.3. The Morgan fingerprint density at radius 1 is 0.707 bits per heavy atom. The number of aliphatic carboxylic acids is 1. The molecule has 0 bridgehead atoms. The van der Waals surface area contributed by atoms with Crippen molar-refractivity contribution < 1.29 is 108 Å². The van der Waals surface area contributed by atoms with Gasteiger partial charge in [-0.3, -0.25) is 9.59 Å². The number of allylic oxidation sites excluding steroid dienone is 7. The second-order valence-electron chi connectivity index (χ2n) is 26.5. The van der Waals surface area contributed by atoms with Crippen LogP contribution in [0.3, 0.4) is 0 Å². The minimum atomic E-state index is -1.93. The SMILES string of the molecule is CC[C@@H](C)/C=C/C=C/C=C\C(=O)O[C@H]1[C@H](OC(C)=O)[C@]2(C(=O)O)CC[C@]3(C)C(=CC[C@@H]4[C@@]5(C)CC[C@H](O[C@@H]6O[C@H](CO)[C@@H](O[C@@H]7OC[C@H](O)[C@H](O)[C@H]7O)[C@H](O)[C@H]6O[C@@H]6O[C@H](CO)[C@@H](O)[C@H](O)[C@H]6O)[C@](C)(CO)[C@@H]5CC[C@]43C)[C@@H]2CC1(C)C. The van der Waals surface area contributed by atoms with Gasteiger partial charge in [0.25, 0.3) is 0 Å². The normalized spacial score (nSPS) is 47.9. The predicted molar refractivity (Wildman–Crippen MR) is 289 cm³/mol. The Morgan fingerprint density at radius 2 is 1.37 bits per heavy atom. The molecule has 11 N–H and O–H groups in total. The lowest BCUT2D eigenvalue weighted by atomic mass is 9.33. The van der Waals surface area contributed by atoms with Gasteiger partial charge in [0.05, 0.1) is 32.5 Å².